The average Bonchev–Trinajstić information content (AvgIpc) is 2.98. The number of carbonyl (C=O) groups excluding carboxylic acids is 2. The van der Waals surface area contributed by atoms with E-state index in [1.807, 2.05) is 13.0 Å². The zero-order valence-corrected chi connectivity index (χ0v) is 19.7. The van der Waals surface area contributed by atoms with Gasteiger partial charge >= 0.3 is 0 Å². The number of hydrogen-bond acceptors (Lipinski definition) is 5. The topological polar surface area (TPSA) is 95.9 Å². The van der Waals surface area contributed by atoms with Gasteiger partial charge in [0.2, 0.25) is 5.91 Å². The molecule has 1 spiro atoms. The number of amides is 1. The lowest BCUT2D eigenvalue weighted by Crippen LogP contribution is -2.54. The van der Waals surface area contributed by atoms with Gasteiger partial charge in [-0.25, -0.2) is 0 Å². The monoisotopic (exact) mass is 433 g/mol. The Morgan fingerprint density at radius 2 is 1.90 bits per heavy atom. The number of carbonyl (C=O) groups is 2. The van der Waals surface area contributed by atoms with Gasteiger partial charge in [-0.15, -0.1) is 0 Å². The van der Waals surface area contributed by atoms with Gasteiger partial charge in [-0.2, -0.15) is 0 Å². The number of nitrogens with one attached hydrogen (secondary N) is 1. The number of hydrogen-bond donors (Lipinski definition) is 3. The minimum absolute atomic E-state index is 0.0760. The maximum absolute atomic E-state index is 14.0. The highest BCUT2D eigenvalue weighted by Crippen LogP contribution is 2.55. The third-order valence-corrected chi connectivity index (χ3v) is 7.83. The third-order valence-electron chi connectivity index (χ3n) is 7.83. The molecule has 0 unspecified atom stereocenters. The highest BCUT2D eigenvalue weighted by Gasteiger charge is 2.65. The summed E-state index contributed by atoms with van der Waals surface area (Å²) in [5.41, 5.74) is 0.994. The lowest BCUT2D eigenvalue weighted by molar-refractivity contribution is -0.149. The number of Topliss-reactive ketones (excluding diaryl/α,β-unsaturated/α-hetero) is 1. The highest BCUT2D eigenvalue weighted by molar-refractivity contribution is 6.09. The van der Waals surface area contributed by atoms with E-state index in [4.69, 9.17) is 4.74 Å². The minimum Gasteiger partial charge on any atom is -0.390 e. The number of ketones is 1. The van der Waals surface area contributed by atoms with Crippen molar-refractivity contribution >= 4 is 11.7 Å². The van der Waals surface area contributed by atoms with Crippen LogP contribution in [0.1, 0.15) is 60.3 Å². The number of allylic oxidation sites excluding steroid dienone is 4. The van der Waals surface area contributed by atoms with Gasteiger partial charge in [0.25, 0.3) is 0 Å². The fourth-order valence-corrected chi connectivity index (χ4v) is 6.08. The van der Waals surface area contributed by atoms with Crippen molar-refractivity contribution in [3.63, 3.8) is 0 Å². The largest absolute Gasteiger partial charge is 0.390 e. The molecule has 1 saturated heterocycles. The summed E-state index contributed by atoms with van der Waals surface area (Å²) < 4.78 is 5.45. The molecule has 0 aromatic carbocycles. The van der Waals surface area contributed by atoms with Crippen molar-refractivity contribution in [3.05, 3.63) is 23.3 Å². The maximum Gasteiger partial charge on any atom is 0.235 e. The van der Waals surface area contributed by atoms with Gasteiger partial charge in [-0.3, -0.25) is 9.59 Å². The second-order valence-electron chi connectivity index (χ2n) is 10.3. The fraction of sp³-hybridized carbons (Fsp3) is 0.760. The number of ether oxygens (including phenoxy) is 1. The molecule has 0 radical (unpaired) electrons. The van der Waals surface area contributed by atoms with E-state index in [-0.39, 0.29) is 41.9 Å². The minimum atomic E-state index is -1.22. The fourth-order valence-electron chi connectivity index (χ4n) is 6.08. The predicted molar refractivity (Wildman–Crippen MR) is 119 cm³/mol. The molecule has 3 N–H and O–H groups in total. The first-order chi connectivity index (χ1) is 14.5. The summed E-state index contributed by atoms with van der Waals surface area (Å²) >= 11 is 0. The Balaban J connectivity index is 2.19. The molecule has 3 rings (SSSR count). The number of rotatable bonds is 3. The first-order valence-electron chi connectivity index (χ1n) is 11.6. The van der Waals surface area contributed by atoms with Gasteiger partial charge < -0.3 is 20.3 Å². The van der Waals surface area contributed by atoms with Gasteiger partial charge in [-0.1, -0.05) is 44.1 Å². The van der Waals surface area contributed by atoms with Crippen LogP contribution in [0.5, 0.6) is 0 Å². The van der Waals surface area contributed by atoms with Crippen LogP contribution in [0, 0.1) is 29.1 Å². The van der Waals surface area contributed by atoms with Crippen molar-refractivity contribution in [3.8, 4) is 0 Å². The van der Waals surface area contributed by atoms with Crippen LogP contribution in [0.25, 0.3) is 0 Å². The van der Waals surface area contributed by atoms with Crippen LogP contribution in [-0.4, -0.2) is 53.4 Å². The van der Waals surface area contributed by atoms with Crippen molar-refractivity contribution in [1.82, 2.24) is 5.32 Å². The normalized spacial score (nSPS) is 43.3. The lowest BCUT2D eigenvalue weighted by Gasteiger charge is -2.45. The van der Waals surface area contributed by atoms with Crippen LogP contribution in [0.2, 0.25) is 0 Å². The summed E-state index contributed by atoms with van der Waals surface area (Å²) in [5.74, 6) is -0.445. The Kier molecular flexibility index (Phi) is 7.14. The van der Waals surface area contributed by atoms with E-state index in [1.165, 1.54) is 12.7 Å². The molecule has 1 heterocycles. The van der Waals surface area contributed by atoms with E-state index in [2.05, 4.69) is 39.1 Å². The van der Waals surface area contributed by atoms with Gasteiger partial charge in [-0.05, 0) is 44.9 Å². The van der Waals surface area contributed by atoms with Crippen molar-refractivity contribution < 1.29 is 24.5 Å². The summed E-state index contributed by atoms with van der Waals surface area (Å²) in [4.78, 5) is 27.7. The molecule has 0 aromatic rings. The summed E-state index contributed by atoms with van der Waals surface area (Å²) in [7, 11) is 1.44. The molecule has 31 heavy (non-hydrogen) atoms. The van der Waals surface area contributed by atoms with Gasteiger partial charge in [0.05, 0.1) is 12.2 Å². The molecule has 2 aliphatic carbocycles. The molecule has 6 nitrogen and oxygen atoms in total. The molecule has 8 atom stereocenters. The van der Waals surface area contributed by atoms with Crippen LogP contribution in [0.4, 0.5) is 0 Å². The van der Waals surface area contributed by atoms with Crippen LogP contribution in [0.3, 0.4) is 0 Å². The quantitative estimate of drug-likeness (QED) is 0.470. The number of methoxy groups -OCH3 is 1. The van der Waals surface area contributed by atoms with E-state index in [1.54, 1.807) is 0 Å². The summed E-state index contributed by atoms with van der Waals surface area (Å²) in [5, 5.41) is 24.3. The highest BCUT2D eigenvalue weighted by atomic mass is 16.5. The van der Waals surface area contributed by atoms with Gasteiger partial charge in [0, 0.05) is 31.4 Å². The molecule has 1 fully saturated rings. The predicted octanol–water partition coefficient (Wildman–Crippen LogP) is 2.78. The van der Waals surface area contributed by atoms with E-state index in [0.29, 0.717) is 18.8 Å². The molecule has 0 aromatic heterocycles. The van der Waals surface area contributed by atoms with E-state index in [9.17, 15) is 19.8 Å². The van der Waals surface area contributed by atoms with E-state index < -0.39 is 23.7 Å². The Morgan fingerprint density at radius 3 is 2.52 bits per heavy atom. The zero-order chi connectivity index (χ0) is 23.1. The first-order valence-corrected chi connectivity index (χ1v) is 11.6. The molecule has 1 aliphatic heterocycles. The molecule has 3 aliphatic rings. The Morgan fingerprint density at radius 1 is 1.23 bits per heavy atom. The lowest BCUT2D eigenvalue weighted by atomic mass is 9.54. The average molecular weight is 434 g/mol. The molecule has 174 valence electrons. The number of aliphatic hydroxyl groups excluding tert-OH is 2. The Labute approximate surface area is 186 Å². The second kappa shape index (κ2) is 9.16. The van der Waals surface area contributed by atoms with E-state index >= 15 is 0 Å². The molecular formula is C25H39NO5. The molecule has 0 bridgehead atoms. The Bertz CT molecular complexity index is 772. The Hall–Kier alpha value is -1.50. The van der Waals surface area contributed by atoms with Crippen molar-refractivity contribution in [1.29, 1.82) is 0 Å². The zero-order valence-electron chi connectivity index (χ0n) is 19.7. The van der Waals surface area contributed by atoms with Crippen molar-refractivity contribution in [2.45, 2.75) is 84.7 Å². The smallest absolute Gasteiger partial charge is 0.235 e. The van der Waals surface area contributed by atoms with E-state index in [0.717, 1.165) is 12.0 Å². The van der Waals surface area contributed by atoms with Crippen LogP contribution in [-0.2, 0) is 14.3 Å². The third kappa shape index (κ3) is 4.14. The SMILES string of the molecule is CO[C@@H]1CC(=O)[C@@]23C(=O)N[C@@H](CC(C)C)[C@@H]2[C@H](C)C(C)=C[C@@H]3/C=C(\C)CC[C@H](O)[C@@H]1O. The maximum atomic E-state index is 14.0. The molecule has 0 saturated carbocycles. The number of aliphatic hydroxyl groups is 2. The van der Waals surface area contributed by atoms with Crippen LogP contribution >= 0.6 is 0 Å². The van der Waals surface area contributed by atoms with Gasteiger partial charge in [0.1, 0.15) is 11.5 Å². The second-order valence-corrected chi connectivity index (χ2v) is 10.3. The van der Waals surface area contributed by atoms with Gasteiger partial charge in [0.15, 0.2) is 5.78 Å². The van der Waals surface area contributed by atoms with Crippen molar-refractivity contribution in [2.75, 3.05) is 7.11 Å². The standard InChI is InChI=1S/C25H39NO5/c1-13(2)9-18-22-16(5)15(4)11-17-10-14(3)7-8-19(27)23(29)20(31-6)12-21(28)25(17,22)24(30)26-18/h10-11,13,16-20,22-23,27,29H,7-9,12H2,1-6H3,(H,26,30)/b14-10+/t16-,17+,18+,19+,20-,22+,23+,25-/m1/s1. The molecular weight excluding hydrogens is 394 g/mol. The summed E-state index contributed by atoms with van der Waals surface area (Å²) in [6.07, 6.45) is 2.79. The summed E-state index contributed by atoms with van der Waals surface area (Å²) in [6.45, 7) is 10.4. The first kappa shape index (κ1) is 24.1. The van der Waals surface area contributed by atoms with Crippen LogP contribution < -0.4 is 5.32 Å². The molecule has 6 heteroatoms. The van der Waals surface area contributed by atoms with Crippen LogP contribution in [0.15, 0.2) is 23.3 Å². The summed E-state index contributed by atoms with van der Waals surface area (Å²) in [6, 6.07) is -0.0760. The molecule has 1 amide bonds. The van der Waals surface area contributed by atoms with Crippen molar-refractivity contribution in [2.24, 2.45) is 29.1 Å².